The number of piperidine rings is 1. The van der Waals surface area contributed by atoms with Gasteiger partial charge in [0.15, 0.2) is 0 Å². The second kappa shape index (κ2) is 7.52. The zero-order valence-electron chi connectivity index (χ0n) is 12.1. The van der Waals surface area contributed by atoms with Crippen LogP contribution in [0.25, 0.3) is 0 Å². The second-order valence-electron chi connectivity index (χ2n) is 5.86. The third-order valence-corrected chi connectivity index (χ3v) is 5.63. The number of thioether (sulfide) groups is 1. The number of carbonyl (C=O) groups is 1. The van der Waals surface area contributed by atoms with Crippen LogP contribution in [-0.4, -0.2) is 30.3 Å². The number of hydrogen-bond donors (Lipinski definition) is 2. The summed E-state index contributed by atoms with van der Waals surface area (Å²) >= 11 is 1.92. The van der Waals surface area contributed by atoms with Crippen molar-refractivity contribution in [1.29, 1.82) is 0 Å². The molecule has 1 unspecified atom stereocenters. The largest absolute Gasteiger partial charge is 0.354 e. The summed E-state index contributed by atoms with van der Waals surface area (Å²) in [5.74, 6) is 0.401. The van der Waals surface area contributed by atoms with Crippen LogP contribution in [0.2, 0.25) is 0 Å². The Bertz CT molecular complexity index is 459. The van der Waals surface area contributed by atoms with Gasteiger partial charge in [0, 0.05) is 22.7 Å². The van der Waals surface area contributed by atoms with Crippen molar-refractivity contribution >= 4 is 30.1 Å². The molecule has 2 aliphatic rings. The standard InChI is InChI=1S/C16H22N2OS.ClH/c19-15(13-5-4-10-17-11-13)18-12-16(8-9-16)20-14-6-2-1-3-7-14;/h1-3,6-7,13,17H,4-5,8-12H2,(H,18,19);1H. The lowest BCUT2D eigenvalue weighted by Crippen LogP contribution is -2.42. The summed E-state index contributed by atoms with van der Waals surface area (Å²) in [5, 5.41) is 6.48. The lowest BCUT2D eigenvalue weighted by atomic mass is 9.99. The highest BCUT2D eigenvalue weighted by molar-refractivity contribution is 8.01. The summed E-state index contributed by atoms with van der Waals surface area (Å²) in [7, 11) is 0. The van der Waals surface area contributed by atoms with E-state index >= 15 is 0 Å². The van der Waals surface area contributed by atoms with Gasteiger partial charge in [-0.05, 0) is 44.4 Å². The molecule has 21 heavy (non-hydrogen) atoms. The van der Waals surface area contributed by atoms with Crippen molar-refractivity contribution in [2.45, 2.75) is 35.3 Å². The molecule has 2 fully saturated rings. The first kappa shape index (κ1) is 16.7. The van der Waals surface area contributed by atoms with Crippen LogP contribution in [0.1, 0.15) is 25.7 Å². The van der Waals surface area contributed by atoms with Crippen molar-refractivity contribution in [2.75, 3.05) is 19.6 Å². The molecule has 3 rings (SSSR count). The zero-order valence-corrected chi connectivity index (χ0v) is 13.8. The fourth-order valence-corrected chi connectivity index (χ4v) is 3.90. The smallest absolute Gasteiger partial charge is 0.224 e. The molecule has 3 nitrogen and oxygen atoms in total. The van der Waals surface area contributed by atoms with E-state index in [4.69, 9.17) is 0 Å². The molecule has 116 valence electrons. The van der Waals surface area contributed by atoms with E-state index in [9.17, 15) is 4.79 Å². The summed E-state index contributed by atoms with van der Waals surface area (Å²) in [6.07, 6.45) is 4.55. The van der Waals surface area contributed by atoms with E-state index in [0.29, 0.717) is 0 Å². The molecule has 1 saturated heterocycles. The molecule has 1 aromatic rings. The molecule has 1 amide bonds. The molecule has 0 bridgehead atoms. The molecule has 1 aliphatic heterocycles. The van der Waals surface area contributed by atoms with E-state index in [1.54, 1.807) is 0 Å². The summed E-state index contributed by atoms with van der Waals surface area (Å²) in [4.78, 5) is 13.5. The normalized spacial score (nSPS) is 23.0. The Balaban J connectivity index is 0.00000161. The predicted octanol–water partition coefficient (Wildman–Crippen LogP) is 2.85. The van der Waals surface area contributed by atoms with Gasteiger partial charge in [-0.15, -0.1) is 24.2 Å². The highest BCUT2D eigenvalue weighted by Gasteiger charge is 2.44. The number of benzene rings is 1. The maximum Gasteiger partial charge on any atom is 0.224 e. The highest BCUT2D eigenvalue weighted by Crippen LogP contribution is 2.51. The highest BCUT2D eigenvalue weighted by atomic mass is 35.5. The van der Waals surface area contributed by atoms with Gasteiger partial charge in [0.05, 0.1) is 5.92 Å². The maximum absolute atomic E-state index is 12.2. The Morgan fingerprint density at radius 3 is 2.71 bits per heavy atom. The fraction of sp³-hybridized carbons (Fsp3) is 0.562. The van der Waals surface area contributed by atoms with Crippen LogP contribution in [0.3, 0.4) is 0 Å². The van der Waals surface area contributed by atoms with Crippen molar-refractivity contribution in [3.8, 4) is 0 Å². The molecule has 1 saturated carbocycles. The van der Waals surface area contributed by atoms with Crippen LogP contribution in [-0.2, 0) is 4.79 Å². The number of nitrogens with one attached hydrogen (secondary N) is 2. The van der Waals surface area contributed by atoms with E-state index < -0.39 is 0 Å². The number of rotatable bonds is 5. The number of amides is 1. The quantitative estimate of drug-likeness (QED) is 0.874. The first-order chi connectivity index (χ1) is 9.77. The van der Waals surface area contributed by atoms with Gasteiger partial charge in [0.25, 0.3) is 0 Å². The van der Waals surface area contributed by atoms with E-state index in [1.165, 1.54) is 17.7 Å². The van der Waals surface area contributed by atoms with Crippen LogP contribution < -0.4 is 10.6 Å². The predicted molar refractivity (Wildman–Crippen MR) is 90.1 cm³/mol. The number of carbonyl (C=O) groups excluding carboxylic acids is 1. The van der Waals surface area contributed by atoms with Crippen molar-refractivity contribution in [2.24, 2.45) is 5.92 Å². The third kappa shape index (κ3) is 4.63. The van der Waals surface area contributed by atoms with Crippen LogP contribution in [0.15, 0.2) is 35.2 Å². The molecule has 1 heterocycles. The molecule has 5 heteroatoms. The fourth-order valence-electron chi connectivity index (χ4n) is 2.66. The van der Waals surface area contributed by atoms with E-state index in [2.05, 4.69) is 34.9 Å². The Morgan fingerprint density at radius 1 is 1.33 bits per heavy atom. The number of halogens is 1. The van der Waals surface area contributed by atoms with Crippen LogP contribution in [0, 0.1) is 5.92 Å². The van der Waals surface area contributed by atoms with Gasteiger partial charge >= 0.3 is 0 Å². The Labute approximate surface area is 137 Å². The van der Waals surface area contributed by atoms with Crippen molar-refractivity contribution in [3.63, 3.8) is 0 Å². The molecular formula is C16H23ClN2OS. The van der Waals surface area contributed by atoms with E-state index in [-0.39, 0.29) is 29.0 Å². The van der Waals surface area contributed by atoms with Gasteiger partial charge < -0.3 is 10.6 Å². The van der Waals surface area contributed by atoms with Gasteiger partial charge in [-0.3, -0.25) is 4.79 Å². The van der Waals surface area contributed by atoms with Crippen LogP contribution in [0.4, 0.5) is 0 Å². The van der Waals surface area contributed by atoms with Gasteiger partial charge in [-0.25, -0.2) is 0 Å². The molecule has 0 spiro atoms. The Morgan fingerprint density at radius 2 is 2.10 bits per heavy atom. The molecule has 1 aliphatic carbocycles. The first-order valence-corrected chi connectivity index (χ1v) is 8.32. The zero-order chi connectivity index (χ0) is 13.8. The van der Waals surface area contributed by atoms with Crippen molar-refractivity contribution in [1.82, 2.24) is 10.6 Å². The molecule has 0 aromatic heterocycles. The molecular weight excluding hydrogens is 304 g/mol. The summed E-state index contributed by atoms with van der Waals surface area (Å²) in [6.45, 7) is 2.70. The van der Waals surface area contributed by atoms with E-state index in [0.717, 1.165) is 32.5 Å². The van der Waals surface area contributed by atoms with Crippen molar-refractivity contribution in [3.05, 3.63) is 30.3 Å². The minimum Gasteiger partial charge on any atom is -0.354 e. The maximum atomic E-state index is 12.2. The average Bonchev–Trinajstić information content (AvgIpc) is 3.27. The third-order valence-electron chi connectivity index (χ3n) is 4.14. The second-order valence-corrected chi connectivity index (χ2v) is 7.40. The number of hydrogen-bond acceptors (Lipinski definition) is 3. The SMILES string of the molecule is Cl.O=C(NCC1(Sc2ccccc2)CC1)C1CCCNC1. The lowest BCUT2D eigenvalue weighted by Gasteiger charge is -2.23. The Kier molecular flexibility index (Phi) is 5.97. The van der Waals surface area contributed by atoms with Gasteiger partial charge in [0.1, 0.15) is 0 Å². The first-order valence-electron chi connectivity index (χ1n) is 7.50. The topological polar surface area (TPSA) is 41.1 Å². The van der Waals surface area contributed by atoms with E-state index in [1.807, 2.05) is 17.8 Å². The monoisotopic (exact) mass is 326 g/mol. The molecule has 2 N–H and O–H groups in total. The summed E-state index contributed by atoms with van der Waals surface area (Å²) in [6, 6.07) is 10.5. The molecule has 0 radical (unpaired) electrons. The average molecular weight is 327 g/mol. The van der Waals surface area contributed by atoms with Crippen LogP contribution in [0.5, 0.6) is 0 Å². The minimum atomic E-state index is 0. The summed E-state index contributed by atoms with van der Waals surface area (Å²) < 4.78 is 0.249. The van der Waals surface area contributed by atoms with Gasteiger partial charge in [-0.1, -0.05) is 18.2 Å². The van der Waals surface area contributed by atoms with Crippen molar-refractivity contribution < 1.29 is 4.79 Å². The minimum absolute atomic E-state index is 0. The van der Waals surface area contributed by atoms with Gasteiger partial charge in [-0.2, -0.15) is 0 Å². The molecule has 1 aromatic carbocycles. The summed E-state index contributed by atoms with van der Waals surface area (Å²) in [5.41, 5.74) is 0. The van der Waals surface area contributed by atoms with Gasteiger partial charge in [0.2, 0.25) is 5.91 Å². The lowest BCUT2D eigenvalue weighted by molar-refractivity contribution is -0.125. The Hall–Kier alpha value is -0.710. The molecule has 1 atom stereocenters. The van der Waals surface area contributed by atoms with Crippen LogP contribution >= 0.6 is 24.2 Å².